The van der Waals surface area contributed by atoms with E-state index >= 15 is 0 Å². The van der Waals surface area contributed by atoms with E-state index in [4.69, 9.17) is 0 Å². The lowest BCUT2D eigenvalue weighted by Crippen LogP contribution is -2.36. The SMILES string of the molecule is CCNC(=NCc1cnc(C)s1)NCc1ccc(C)s1.I. The van der Waals surface area contributed by atoms with Crippen molar-refractivity contribution in [3.63, 3.8) is 0 Å². The maximum absolute atomic E-state index is 4.59. The molecule has 21 heavy (non-hydrogen) atoms. The number of aryl methyl sites for hydroxylation is 2. The lowest BCUT2D eigenvalue weighted by molar-refractivity contribution is 0.825. The topological polar surface area (TPSA) is 49.3 Å². The van der Waals surface area contributed by atoms with Gasteiger partial charge in [-0.15, -0.1) is 46.7 Å². The summed E-state index contributed by atoms with van der Waals surface area (Å²) in [5, 5.41) is 7.71. The molecule has 2 N–H and O–H groups in total. The standard InChI is InChI=1S/C14H20N4S2.HI/c1-4-15-14(17-7-12-6-5-10(2)19-12)18-9-13-8-16-11(3)20-13;/h5-6,8H,4,7,9H2,1-3H3,(H2,15,17,18);1H. The Kier molecular flexibility index (Phi) is 8.20. The van der Waals surface area contributed by atoms with Gasteiger partial charge in [-0.1, -0.05) is 0 Å². The third kappa shape index (κ3) is 6.31. The molecule has 0 aromatic carbocycles. The molecule has 0 radical (unpaired) electrons. The molecule has 0 aliphatic heterocycles. The molecule has 0 amide bonds. The number of nitrogens with one attached hydrogen (secondary N) is 2. The highest BCUT2D eigenvalue weighted by Gasteiger charge is 2.01. The van der Waals surface area contributed by atoms with Crippen LogP contribution in [0.2, 0.25) is 0 Å². The number of nitrogens with zero attached hydrogens (tertiary/aromatic N) is 2. The van der Waals surface area contributed by atoms with Crippen molar-refractivity contribution >= 4 is 52.6 Å². The van der Waals surface area contributed by atoms with Crippen LogP contribution in [0.4, 0.5) is 0 Å². The Hall–Kier alpha value is -0.670. The van der Waals surface area contributed by atoms with E-state index in [0.29, 0.717) is 6.54 Å². The number of aliphatic imine (C=N–C) groups is 1. The molecule has 2 rings (SSSR count). The molecule has 2 aromatic heterocycles. The number of aromatic nitrogens is 1. The molecule has 116 valence electrons. The van der Waals surface area contributed by atoms with E-state index in [1.165, 1.54) is 14.6 Å². The minimum atomic E-state index is 0. The van der Waals surface area contributed by atoms with Gasteiger partial charge in [-0.25, -0.2) is 9.98 Å². The van der Waals surface area contributed by atoms with Gasteiger partial charge in [-0.2, -0.15) is 0 Å². The van der Waals surface area contributed by atoms with Crippen LogP contribution in [0.15, 0.2) is 23.3 Å². The maximum Gasteiger partial charge on any atom is 0.191 e. The highest BCUT2D eigenvalue weighted by molar-refractivity contribution is 14.0. The maximum atomic E-state index is 4.59. The van der Waals surface area contributed by atoms with Gasteiger partial charge in [0.25, 0.3) is 0 Å². The normalized spacial score (nSPS) is 11.1. The molecule has 4 nitrogen and oxygen atoms in total. The fourth-order valence-corrected chi connectivity index (χ4v) is 3.28. The van der Waals surface area contributed by atoms with E-state index in [9.17, 15) is 0 Å². The van der Waals surface area contributed by atoms with E-state index in [1.54, 1.807) is 11.3 Å². The van der Waals surface area contributed by atoms with Crippen LogP contribution in [0, 0.1) is 13.8 Å². The lowest BCUT2D eigenvalue weighted by Gasteiger charge is -2.09. The van der Waals surface area contributed by atoms with E-state index in [-0.39, 0.29) is 24.0 Å². The molecule has 0 fully saturated rings. The molecule has 7 heteroatoms. The van der Waals surface area contributed by atoms with Crippen LogP contribution in [-0.4, -0.2) is 17.5 Å². The van der Waals surface area contributed by atoms with Crippen molar-refractivity contribution in [1.82, 2.24) is 15.6 Å². The molecule has 0 atom stereocenters. The van der Waals surface area contributed by atoms with E-state index in [1.807, 2.05) is 24.5 Å². The van der Waals surface area contributed by atoms with Crippen LogP contribution in [0.1, 0.15) is 26.6 Å². The quantitative estimate of drug-likeness (QED) is 0.427. The third-order valence-corrected chi connectivity index (χ3v) is 4.53. The first kappa shape index (κ1) is 18.4. The van der Waals surface area contributed by atoms with Crippen molar-refractivity contribution < 1.29 is 0 Å². The van der Waals surface area contributed by atoms with Crippen molar-refractivity contribution in [2.75, 3.05) is 6.54 Å². The van der Waals surface area contributed by atoms with Crippen LogP contribution in [0.25, 0.3) is 0 Å². The van der Waals surface area contributed by atoms with Crippen molar-refractivity contribution in [2.45, 2.75) is 33.9 Å². The molecule has 0 unspecified atom stereocenters. The van der Waals surface area contributed by atoms with Gasteiger partial charge in [0.05, 0.1) is 18.1 Å². The number of hydrogen-bond donors (Lipinski definition) is 2. The Morgan fingerprint density at radius 1 is 1.19 bits per heavy atom. The summed E-state index contributed by atoms with van der Waals surface area (Å²) < 4.78 is 0. The van der Waals surface area contributed by atoms with Crippen molar-refractivity contribution in [1.29, 1.82) is 0 Å². The van der Waals surface area contributed by atoms with Gasteiger partial charge >= 0.3 is 0 Å². The zero-order chi connectivity index (χ0) is 14.4. The van der Waals surface area contributed by atoms with Gasteiger partial charge in [-0.3, -0.25) is 0 Å². The summed E-state index contributed by atoms with van der Waals surface area (Å²) in [6.07, 6.45) is 1.90. The zero-order valence-electron chi connectivity index (χ0n) is 12.5. The van der Waals surface area contributed by atoms with Gasteiger partial charge < -0.3 is 10.6 Å². The van der Waals surface area contributed by atoms with Gasteiger partial charge in [0, 0.05) is 27.4 Å². The van der Waals surface area contributed by atoms with Crippen LogP contribution >= 0.6 is 46.7 Å². The monoisotopic (exact) mass is 436 g/mol. The number of hydrogen-bond acceptors (Lipinski definition) is 4. The Morgan fingerprint density at radius 2 is 2.00 bits per heavy atom. The Balaban J connectivity index is 0.00000220. The predicted octanol–water partition coefficient (Wildman–Crippen LogP) is 3.69. The molecule has 2 heterocycles. The summed E-state index contributed by atoms with van der Waals surface area (Å²) in [6.45, 7) is 8.55. The summed E-state index contributed by atoms with van der Waals surface area (Å²) in [6, 6.07) is 4.30. The fraction of sp³-hybridized carbons (Fsp3) is 0.429. The first-order chi connectivity index (χ1) is 9.67. The lowest BCUT2D eigenvalue weighted by atomic mass is 10.4. The molecule has 0 saturated heterocycles. The number of guanidine groups is 1. The molecular formula is C14H21IN4S2. The predicted molar refractivity (Wildman–Crippen MR) is 103 cm³/mol. The van der Waals surface area contributed by atoms with Crippen LogP contribution in [0.5, 0.6) is 0 Å². The molecule has 0 saturated carbocycles. The molecule has 2 aromatic rings. The largest absolute Gasteiger partial charge is 0.357 e. The fourth-order valence-electron chi connectivity index (χ4n) is 1.73. The second kappa shape index (κ2) is 9.37. The second-order valence-corrected chi connectivity index (χ2v) is 7.10. The highest BCUT2D eigenvalue weighted by Crippen LogP contribution is 2.14. The van der Waals surface area contributed by atoms with Crippen LogP contribution in [0.3, 0.4) is 0 Å². The Labute approximate surface area is 151 Å². The summed E-state index contributed by atoms with van der Waals surface area (Å²) in [5.41, 5.74) is 0. The number of thiophene rings is 1. The van der Waals surface area contributed by atoms with Gasteiger partial charge in [0.2, 0.25) is 0 Å². The molecule has 0 spiro atoms. The molecule has 0 bridgehead atoms. The van der Waals surface area contributed by atoms with Crippen molar-refractivity contribution in [3.8, 4) is 0 Å². The number of rotatable bonds is 5. The molecule has 0 aliphatic rings. The van der Waals surface area contributed by atoms with Crippen molar-refractivity contribution in [3.05, 3.63) is 38.0 Å². The Morgan fingerprint density at radius 3 is 2.57 bits per heavy atom. The summed E-state index contributed by atoms with van der Waals surface area (Å²) in [4.78, 5) is 12.7. The van der Waals surface area contributed by atoms with E-state index < -0.39 is 0 Å². The van der Waals surface area contributed by atoms with Crippen molar-refractivity contribution in [2.24, 2.45) is 4.99 Å². The van der Waals surface area contributed by atoms with Gasteiger partial charge in [-0.05, 0) is 32.9 Å². The summed E-state index contributed by atoms with van der Waals surface area (Å²) >= 11 is 3.51. The summed E-state index contributed by atoms with van der Waals surface area (Å²) in [7, 11) is 0. The van der Waals surface area contributed by atoms with Crippen LogP contribution in [-0.2, 0) is 13.1 Å². The average Bonchev–Trinajstić information content (AvgIpc) is 3.02. The third-order valence-electron chi connectivity index (χ3n) is 2.63. The minimum Gasteiger partial charge on any atom is -0.357 e. The zero-order valence-corrected chi connectivity index (χ0v) is 16.4. The molecule has 0 aliphatic carbocycles. The average molecular weight is 436 g/mol. The van der Waals surface area contributed by atoms with Crippen LogP contribution < -0.4 is 10.6 Å². The van der Waals surface area contributed by atoms with E-state index in [2.05, 4.69) is 46.6 Å². The second-order valence-electron chi connectivity index (χ2n) is 4.41. The number of halogens is 1. The minimum absolute atomic E-state index is 0. The van der Waals surface area contributed by atoms with Gasteiger partial charge in [0.1, 0.15) is 0 Å². The first-order valence-electron chi connectivity index (χ1n) is 6.66. The smallest absolute Gasteiger partial charge is 0.191 e. The molecular weight excluding hydrogens is 415 g/mol. The first-order valence-corrected chi connectivity index (χ1v) is 8.29. The number of thiazole rings is 1. The summed E-state index contributed by atoms with van der Waals surface area (Å²) in [5.74, 6) is 0.851. The Bertz CT molecular complexity index is 577. The highest BCUT2D eigenvalue weighted by atomic mass is 127. The van der Waals surface area contributed by atoms with E-state index in [0.717, 1.165) is 24.1 Å². The van der Waals surface area contributed by atoms with Gasteiger partial charge in [0.15, 0.2) is 5.96 Å².